The van der Waals surface area contributed by atoms with E-state index in [1.54, 1.807) is 0 Å². The molecule has 1 aromatic heterocycles. The predicted molar refractivity (Wildman–Crippen MR) is 119 cm³/mol. The van der Waals surface area contributed by atoms with Crippen molar-refractivity contribution in [3.63, 3.8) is 0 Å². The molecule has 158 valence electrons. The standard InChI is InChI=1S/C25H24N2O4.Na/c1-17-4-3-5-18(2)23(17)21-10-6-19(7-11-21)14-15-30-22-12-8-20(9-13-22)16-27-24(28)26-25(29)31-27;/h3-13H,14-16H2,1-2H3,(H,26,28,29);/q;+1/p-1. The van der Waals surface area contributed by atoms with E-state index < -0.39 is 11.4 Å². The van der Waals surface area contributed by atoms with Crippen LogP contribution < -0.4 is 50.7 Å². The van der Waals surface area contributed by atoms with Gasteiger partial charge in [0.05, 0.1) is 6.61 Å². The van der Waals surface area contributed by atoms with Crippen molar-refractivity contribution in [1.82, 2.24) is 9.72 Å². The SMILES string of the molecule is Cc1cccc(C)c1-c1ccc(CCOc2ccc(Cn3oc(=O)[n-]c3=O)cc2)cc1.[Na+]. The molecule has 0 fully saturated rings. The first-order chi connectivity index (χ1) is 15.0. The van der Waals surface area contributed by atoms with Crippen LogP contribution in [0, 0.1) is 13.8 Å². The molecule has 0 amide bonds. The number of nitrogens with zero attached hydrogens (tertiary/aromatic N) is 2. The second-order valence-electron chi connectivity index (χ2n) is 7.49. The van der Waals surface area contributed by atoms with Crippen molar-refractivity contribution in [3.05, 3.63) is 110 Å². The van der Waals surface area contributed by atoms with Gasteiger partial charge in [-0.25, -0.2) is 4.79 Å². The van der Waals surface area contributed by atoms with Crippen LogP contribution in [0.3, 0.4) is 0 Å². The molecule has 4 aromatic rings. The summed E-state index contributed by atoms with van der Waals surface area (Å²) in [6.45, 7) is 4.99. The first kappa shape index (κ1) is 23.9. The molecule has 0 aliphatic heterocycles. The number of rotatable bonds is 7. The van der Waals surface area contributed by atoms with E-state index in [9.17, 15) is 9.59 Å². The largest absolute Gasteiger partial charge is 1.00 e. The molecular formula is C25H23N2NaO4. The number of benzene rings is 3. The second kappa shape index (κ2) is 10.7. The van der Waals surface area contributed by atoms with Gasteiger partial charge in [0.25, 0.3) is 0 Å². The Morgan fingerprint density at radius 2 is 1.50 bits per heavy atom. The maximum atomic E-state index is 11.5. The van der Waals surface area contributed by atoms with Crippen LogP contribution in [0.25, 0.3) is 11.1 Å². The first-order valence-electron chi connectivity index (χ1n) is 10.1. The van der Waals surface area contributed by atoms with Crippen molar-refractivity contribution in [3.8, 4) is 16.9 Å². The van der Waals surface area contributed by atoms with Gasteiger partial charge in [-0.15, -0.1) is 0 Å². The number of ether oxygens (including phenoxy) is 1. The van der Waals surface area contributed by atoms with Crippen LogP contribution in [0.15, 0.2) is 80.8 Å². The summed E-state index contributed by atoms with van der Waals surface area (Å²) in [6.07, 6.45) is 0.800. The van der Waals surface area contributed by atoms with Gasteiger partial charge >= 0.3 is 35.3 Å². The van der Waals surface area contributed by atoms with Gasteiger partial charge < -0.3 is 14.2 Å². The normalized spacial score (nSPS) is 10.6. The second-order valence-corrected chi connectivity index (χ2v) is 7.49. The quantitative estimate of drug-likeness (QED) is 0.398. The summed E-state index contributed by atoms with van der Waals surface area (Å²) in [5.41, 5.74) is 6.42. The van der Waals surface area contributed by atoms with Crippen molar-refractivity contribution in [2.75, 3.05) is 6.61 Å². The van der Waals surface area contributed by atoms with Gasteiger partial charge in [-0.1, -0.05) is 54.6 Å². The van der Waals surface area contributed by atoms with E-state index in [-0.39, 0.29) is 36.1 Å². The zero-order valence-corrected chi connectivity index (χ0v) is 20.5. The molecular weight excluding hydrogens is 415 g/mol. The first-order valence-corrected chi connectivity index (χ1v) is 10.1. The molecule has 0 N–H and O–H groups in total. The monoisotopic (exact) mass is 438 g/mol. The summed E-state index contributed by atoms with van der Waals surface area (Å²) in [7, 11) is 0. The molecule has 0 saturated heterocycles. The van der Waals surface area contributed by atoms with Crippen LogP contribution in [0.5, 0.6) is 5.75 Å². The Balaban J connectivity index is 0.00000289. The van der Waals surface area contributed by atoms with Crippen molar-refractivity contribution in [2.24, 2.45) is 0 Å². The molecule has 4 rings (SSSR count). The Labute approximate surface area is 208 Å². The maximum Gasteiger partial charge on any atom is 1.00 e. The summed E-state index contributed by atoms with van der Waals surface area (Å²) in [5, 5.41) is 0. The average Bonchev–Trinajstić information content (AvgIpc) is 3.07. The van der Waals surface area contributed by atoms with Gasteiger partial charge in [0, 0.05) is 13.0 Å². The molecule has 0 bridgehead atoms. The van der Waals surface area contributed by atoms with E-state index in [1.165, 1.54) is 27.8 Å². The molecule has 0 aliphatic carbocycles. The zero-order chi connectivity index (χ0) is 21.8. The van der Waals surface area contributed by atoms with Crippen LogP contribution >= 0.6 is 0 Å². The molecule has 0 saturated carbocycles. The smallest absolute Gasteiger partial charge is 0.493 e. The third-order valence-electron chi connectivity index (χ3n) is 5.22. The summed E-state index contributed by atoms with van der Waals surface area (Å²) < 4.78 is 11.5. The maximum absolute atomic E-state index is 11.5. The zero-order valence-electron chi connectivity index (χ0n) is 18.5. The van der Waals surface area contributed by atoms with E-state index in [1.807, 2.05) is 24.3 Å². The molecule has 0 radical (unpaired) electrons. The molecule has 32 heavy (non-hydrogen) atoms. The van der Waals surface area contributed by atoms with Crippen LogP contribution in [0.1, 0.15) is 22.3 Å². The summed E-state index contributed by atoms with van der Waals surface area (Å²) in [5.74, 6) is -0.141. The topological polar surface area (TPSA) is 75.5 Å². The molecule has 0 unspecified atom stereocenters. The van der Waals surface area contributed by atoms with Gasteiger partial charge in [-0.3, -0.25) is 9.53 Å². The van der Waals surface area contributed by atoms with E-state index in [0.717, 1.165) is 22.5 Å². The Morgan fingerprint density at radius 1 is 0.875 bits per heavy atom. The average molecular weight is 438 g/mol. The van der Waals surface area contributed by atoms with E-state index in [4.69, 9.17) is 9.26 Å². The predicted octanol–water partition coefficient (Wildman–Crippen LogP) is 0.716. The number of hydrogen-bond acceptors (Lipinski definition) is 4. The van der Waals surface area contributed by atoms with Gasteiger partial charge in [-0.05, 0) is 59.4 Å². The van der Waals surface area contributed by atoms with Gasteiger partial charge in [0.2, 0.25) is 0 Å². The molecule has 6 nitrogen and oxygen atoms in total. The Bertz CT molecular complexity index is 1270. The molecule has 0 aliphatic rings. The number of hydrogen-bond donors (Lipinski definition) is 0. The molecule has 7 heteroatoms. The third kappa shape index (κ3) is 5.71. The van der Waals surface area contributed by atoms with Crippen molar-refractivity contribution in [1.29, 1.82) is 0 Å². The fourth-order valence-corrected chi connectivity index (χ4v) is 3.64. The minimum absolute atomic E-state index is 0. The van der Waals surface area contributed by atoms with Gasteiger partial charge in [0.1, 0.15) is 5.75 Å². The summed E-state index contributed by atoms with van der Waals surface area (Å²) in [4.78, 5) is 25.6. The molecule has 0 spiro atoms. The van der Waals surface area contributed by atoms with E-state index >= 15 is 0 Å². The summed E-state index contributed by atoms with van der Waals surface area (Å²) >= 11 is 0. The number of aryl methyl sites for hydroxylation is 2. The summed E-state index contributed by atoms with van der Waals surface area (Å²) in [6, 6.07) is 22.3. The minimum Gasteiger partial charge on any atom is -0.493 e. The Hall–Kier alpha value is -2.80. The Kier molecular flexibility index (Phi) is 7.96. The molecule has 3 aromatic carbocycles. The van der Waals surface area contributed by atoms with Crippen LogP contribution in [-0.4, -0.2) is 11.3 Å². The molecule has 1 heterocycles. The van der Waals surface area contributed by atoms with Gasteiger partial charge in [-0.2, -0.15) is 0 Å². The fraction of sp³-hybridized carbons (Fsp3) is 0.200. The van der Waals surface area contributed by atoms with Crippen molar-refractivity contribution >= 4 is 0 Å². The van der Waals surface area contributed by atoms with Crippen molar-refractivity contribution in [2.45, 2.75) is 26.8 Å². The third-order valence-corrected chi connectivity index (χ3v) is 5.22. The van der Waals surface area contributed by atoms with Crippen LogP contribution in [0.2, 0.25) is 0 Å². The van der Waals surface area contributed by atoms with Crippen LogP contribution in [0.4, 0.5) is 0 Å². The van der Waals surface area contributed by atoms with E-state index in [0.29, 0.717) is 6.61 Å². The van der Waals surface area contributed by atoms with Gasteiger partial charge in [0.15, 0.2) is 5.69 Å². The van der Waals surface area contributed by atoms with E-state index in [2.05, 4.69) is 61.3 Å². The Morgan fingerprint density at radius 3 is 2.09 bits per heavy atom. The minimum atomic E-state index is -0.882. The van der Waals surface area contributed by atoms with Crippen molar-refractivity contribution < 1.29 is 38.8 Å². The fourth-order valence-electron chi connectivity index (χ4n) is 3.64. The van der Waals surface area contributed by atoms with Crippen LogP contribution in [-0.2, 0) is 13.0 Å². The number of aromatic nitrogens is 2. The molecule has 0 atom stereocenters.